The monoisotopic (exact) mass is 523 g/mol. The van der Waals surface area contributed by atoms with E-state index < -0.39 is 29.6 Å². The quantitative estimate of drug-likeness (QED) is 0.508. The van der Waals surface area contributed by atoms with Crippen molar-refractivity contribution in [1.29, 1.82) is 0 Å². The van der Waals surface area contributed by atoms with Crippen LogP contribution in [-0.2, 0) is 23.9 Å². The fourth-order valence-corrected chi connectivity index (χ4v) is 7.03. The van der Waals surface area contributed by atoms with Crippen molar-refractivity contribution in [2.75, 3.05) is 25.1 Å². The van der Waals surface area contributed by atoms with Gasteiger partial charge in [0.05, 0.1) is 30.7 Å². The van der Waals surface area contributed by atoms with Crippen LogP contribution in [0.5, 0.6) is 5.75 Å². The van der Waals surface area contributed by atoms with E-state index >= 15 is 0 Å². The van der Waals surface area contributed by atoms with Crippen molar-refractivity contribution >= 4 is 23.4 Å². The van der Waals surface area contributed by atoms with Gasteiger partial charge in [0.15, 0.2) is 0 Å². The number of hydrogen-bond donors (Lipinski definition) is 2. The molecule has 1 spiro atoms. The van der Waals surface area contributed by atoms with E-state index in [1.165, 1.54) is 6.42 Å². The molecule has 38 heavy (non-hydrogen) atoms. The van der Waals surface area contributed by atoms with E-state index in [9.17, 15) is 14.4 Å². The molecule has 4 fully saturated rings. The summed E-state index contributed by atoms with van der Waals surface area (Å²) in [6.07, 6.45) is 10.1. The van der Waals surface area contributed by atoms with Crippen LogP contribution in [0.4, 0.5) is 5.69 Å². The summed E-state index contributed by atoms with van der Waals surface area (Å²) in [6, 6.07) is 6.44. The van der Waals surface area contributed by atoms with Crippen LogP contribution >= 0.6 is 0 Å². The molecule has 9 nitrogen and oxygen atoms in total. The molecule has 4 unspecified atom stereocenters. The molecule has 1 saturated carbocycles. The Balaban J connectivity index is 1.26. The third kappa shape index (κ3) is 4.39. The van der Waals surface area contributed by atoms with E-state index in [4.69, 9.17) is 14.2 Å². The van der Waals surface area contributed by atoms with Crippen LogP contribution in [0, 0.1) is 11.8 Å². The third-order valence-electron chi connectivity index (χ3n) is 8.73. The first-order valence-electron chi connectivity index (χ1n) is 14.1. The smallest absolute Gasteiger partial charge is 0.246 e. The second-order valence-corrected chi connectivity index (χ2v) is 11.1. The summed E-state index contributed by atoms with van der Waals surface area (Å²) in [7, 11) is 0. The van der Waals surface area contributed by atoms with Crippen molar-refractivity contribution in [3.8, 4) is 5.75 Å². The first kappa shape index (κ1) is 25.4. The number of anilines is 1. The lowest BCUT2D eigenvalue weighted by atomic mass is 9.74. The molecule has 0 radical (unpaired) electrons. The van der Waals surface area contributed by atoms with E-state index in [2.05, 4.69) is 10.6 Å². The van der Waals surface area contributed by atoms with Gasteiger partial charge in [0.25, 0.3) is 0 Å². The van der Waals surface area contributed by atoms with Crippen molar-refractivity contribution in [1.82, 2.24) is 10.2 Å². The van der Waals surface area contributed by atoms with Gasteiger partial charge in [-0.1, -0.05) is 31.4 Å². The number of ether oxygens (including phenoxy) is 3. The number of fused-ring (bicyclic) bond motifs is 1. The number of benzene rings is 1. The highest BCUT2D eigenvalue weighted by molar-refractivity contribution is 6.02. The molecular weight excluding hydrogens is 486 g/mol. The number of likely N-dealkylation sites (tertiary alicyclic amines) is 1. The molecule has 204 valence electrons. The van der Waals surface area contributed by atoms with Crippen LogP contribution in [0.2, 0.25) is 0 Å². The van der Waals surface area contributed by atoms with Crippen LogP contribution in [0.3, 0.4) is 0 Å². The summed E-state index contributed by atoms with van der Waals surface area (Å²) in [5.41, 5.74) is -0.535. The molecule has 4 heterocycles. The maximum absolute atomic E-state index is 14.0. The highest BCUT2D eigenvalue weighted by Crippen LogP contribution is 2.55. The van der Waals surface area contributed by atoms with Gasteiger partial charge in [0, 0.05) is 24.9 Å². The molecule has 5 aliphatic rings. The molecule has 6 atom stereocenters. The Morgan fingerprint density at radius 3 is 2.58 bits per heavy atom. The van der Waals surface area contributed by atoms with Crippen LogP contribution in [-0.4, -0.2) is 72.3 Å². The second kappa shape index (κ2) is 10.3. The molecule has 6 rings (SSSR count). The van der Waals surface area contributed by atoms with Gasteiger partial charge in [0.2, 0.25) is 17.7 Å². The number of carbonyl (C=O) groups excluding carboxylic acids is 3. The van der Waals surface area contributed by atoms with E-state index in [1.807, 2.05) is 19.1 Å². The maximum atomic E-state index is 14.0. The van der Waals surface area contributed by atoms with Crippen LogP contribution < -0.4 is 15.4 Å². The number of hydrogen-bond acceptors (Lipinski definition) is 6. The Labute approximate surface area is 223 Å². The highest BCUT2D eigenvalue weighted by atomic mass is 16.5. The number of nitrogens with one attached hydrogen (secondary N) is 2. The summed E-state index contributed by atoms with van der Waals surface area (Å²) >= 11 is 0. The molecule has 0 aromatic heterocycles. The zero-order chi connectivity index (χ0) is 26.3. The van der Waals surface area contributed by atoms with E-state index in [1.54, 1.807) is 29.2 Å². The Morgan fingerprint density at radius 2 is 1.87 bits per heavy atom. The van der Waals surface area contributed by atoms with Crippen molar-refractivity contribution in [2.45, 2.75) is 81.8 Å². The molecule has 1 aliphatic carbocycles. The molecule has 1 aromatic carbocycles. The summed E-state index contributed by atoms with van der Waals surface area (Å²) in [6.45, 7) is 3.46. The molecule has 2 N–H and O–H groups in total. The van der Waals surface area contributed by atoms with Gasteiger partial charge in [-0.05, 0) is 56.9 Å². The van der Waals surface area contributed by atoms with Gasteiger partial charge in [-0.2, -0.15) is 0 Å². The molecule has 4 aliphatic heterocycles. The molecule has 9 heteroatoms. The maximum Gasteiger partial charge on any atom is 0.246 e. The molecule has 2 bridgehead atoms. The Hall–Kier alpha value is -2.91. The summed E-state index contributed by atoms with van der Waals surface area (Å²) < 4.78 is 17.8. The topological polar surface area (TPSA) is 106 Å². The number of nitrogens with zero attached hydrogens (tertiary/aromatic N) is 1. The molecule has 3 saturated heterocycles. The highest BCUT2D eigenvalue weighted by Gasteiger charge is 2.73. The van der Waals surface area contributed by atoms with Crippen LogP contribution in [0.15, 0.2) is 36.4 Å². The fourth-order valence-electron chi connectivity index (χ4n) is 7.03. The average molecular weight is 524 g/mol. The minimum Gasteiger partial charge on any atom is -0.494 e. The standard InChI is InChI=1S/C29H37N3O6/c1-2-36-20-12-10-19(11-13-20)30-26(33)23-22-14-15-29(38-22)24(23)28(35)32(17-21-9-6-16-37-21)25(29)27(34)31-18-7-4-3-5-8-18/h10-15,18,21-25H,2-9,16-17H2,1H3,(H,30,33)(H,31,34)/t21?,22-,23?,24-,25?,29?/m1/s1. The molecule has 1 aromatic rings. The van der Waals surface area contributed by atoms with Gasteiger partial charge in [-0.3, -0.25) is 14.4 Å². The fraction of sp³-hybridized carbons (Fsp3) is 0.621. The van der Waals surface area contributed by atoms with Gasteiger partial charge < -0.3 is 29.7 Å². The van der Waals surface area contributed by atoms with Crippen LogP contribution in [0.25, 0.3) is 0 Å². The number of carbonyl (C=O) groups is 3. The average Bonchev–Trinajstić information content (AvgIpc) is 3.69. The van der Waals surface area contributed by atoms with Gasteiger partial charge in [-0.15, -0.1) is 0 Å². The summed E-state index contributed by atoms with van der Waals surface area (Å²) in [5, 5.41) is 6.19. The first-order chi connectivity index (χ1) is 18.5. The lowest BCUT2D eigenvalue weighted by Crippen LogP contribution is -2.57. The van der Waals surface area contributed by atoms with E-state index in [0.717, 1.165) is 44.3 Å². The van der Waals surface area contributed by atoms with Crippen molar-refractivity contribution < 1.29 is 28.6 Å². The van der Waals surface area contributed by atoms with Crippen molar-refractivity contribution in [3.63, 3.8) is 0 Å². The first-order valence-corrected chi connectivity index (χ1v) is 14.1. The minimum absolute atomic E-state index is 0.104. The summed E-state index contributed by atoms with van der Waals surface area (Å²) in [5.74, 6) is -1.44. The van der Waals surface area contributed by atoms with Crippen molar-refractivity contribution in [3.05, 3.63) is 36.4 Å². The van der Waals surface area contributed by atoms with Gasteiger partial charge >= 0.3 is 0 Å². The predicted octanol–water partition coefficient (Wildman–Crippen LogP) is 2.80. The normalized spacial score (nSPS) is 34.0. The van der Waals surface area contributed by atoms with Crippen molar-refractivity contribution in [2.24, 2.45) is 11.8 Å². The Bertz CT molecular complexity index is 1090. The molecule has 3 amide bonds. The summed E-state index contributed by atoms with van der Waals surface area (Å²) in [4.78, 5) is 43.1. The lowest BCUT2D eigenvalue weighted by molar-refractivity contribution is -0.143. The zero-order valence-corrected chi connectivity index (χ0v) is 21.9. The molecular formula is C29H37N3O6. The Morgan fingerprint density at radius 1 is 1.08 bits per heavy atom. The second-order valence-electron chi connectivity index (χ2n) is 11.1. The Kier molecular flexibility index (Phi) is 6.90. The third-order valence-corrected chi connectivity index (χ3v) is 8.73. The SMILES string of the molecule is CCOc1ccc(NC(=O)C2[C@H]3C=CC4(O3)C(C(=O)NC3CCCCC3)N(CC3CCCO3)C(=O)[C@@H]24)cc1. The number of amides is 3. The lowest BCUT2D eigenvalue weighted by Gasteiger charge is -2.34. The number of rotatable bonds is 8. The van der Waals surface area contributed by atoms with Crippen LogP contribution in [0.1, 0.15) is 51.9 Å². The van der Waals surface area contributed by atoms with E-state index in [-0.39, 0.29) is 29.9 Å². The predicted molar refractivity (Wildman–Crippen MR) is 139 cm³/mol. The van der Waals surface area contributed by atoms with Gasteiger partial charge in [-0.25, -0.2) is 0 Å². The van der Waals surface area contributed by atoms with Gasteiger partial charge in [0.1, 0.15) is 17.4 Å². The van der Waals surface area contributed by atoms with E-state index in [0.29, 0.717) is 25.4 Å². The largest absolute Gasteiger partial charge is 0.494 e. The zero-order valence-electron chi connectivity index (χ0n) is 21.9. The minimum atomic E-state index is -1.15.